The van der Waals surface area contributed by atoms with E-state index in [2.05, 4.69) is 32.7 Å². The van der Waals surface area contributed by atoms with Crippen LogP contribution < -0.4 is 10.6 Å². The maximum absolute atomic E-state index is 13.2. The quantitative estimate of drug-likeness (QED) is 0.487. The van der Waals surface area contributed by atoms with Gasteiger partial charge in [-0.2, -0.15) is 0 Å². The van der Waals surface area contributed by atoms with E-state index in [1.54, 1.807) is 13.4 Å². The van der Waals surface area contributed by atoms with Crippen molar-refractivity contribution in [1.29, 1.82) is 0 Å². The molecule has 1 atom stereocenters. The summed E-state index contributed by atoms with van der Waals surface area (Å²) >= 11 is 0. The van der Waals surface area contributed by atoms with Crippen molar-refractivity contribution in [3.05, 3.63) is 48.0 Å². The minimum atomic E-state index is -0.285. The number of aliphatic imine (C=N–C) groups is 1. The highest BCUT2D eigenvalue weighted by Gasteiger charge is 2.27. The smallest absolute Gasteiger partial charge is 0.232 e. The summed E-state index contributed by atoms with van der Waals surface area (Å²) in [6.07, 6.45) is 2.58. The summed E-state index contributed by atoms with van der Waals surface area (Å²) in [5, 5.41) is 14.7. The van der Waals surface area contributed by atoms with Gasteiger partial charge in [0.15, 0.2) is 5.96 Å². The molecule has 1 aromatic heterocycles. The second kappa shape index (κ2) is 11.3. The zero-order chi connectivity index (χ0) is 21.2. The Bertz CT molecular complexity index is 816. The Balaban J connectivity index is 1.58. The molecule has 0 bridgehead atoms. The summed E-state index contributed by atoms with van der Waals surface area (Å²) in [6.45, 7) is 6.39. The normalized spacial score (nSPS) is 15.7. The number of nitrogens with zero attached hydrogens (tertiary/aromatic N) is 5. The molecule has 30 heavy (non-hydrogen) atoms. The van der Waals surface area contributed by atoms with Crippen molar-refractivity contribution in [2.45, 2.75) is 25.8 Å². The van der Waals surface area contributed by atoms with Crippen LogP contribution in [0, 0.1) is 0 Å². The highest BCUT2D eigenvalue weighted by Crippen LogP contribution is 2.18. The largest absolute Gasteiger partial charge is 0.378 e. The Kier molecular flexibility index (Phi) is 8.20. The zero-order valence-electron chi connectivity index (χ0n) is 17.8. The topological polar surface area (TPSA) is 96.7 Å². The molecule has 162 valence electrons. The minimum Gasteiger partial charge on any atom is -0.378 e. The van der Waals surface area contributed by atoms with E-state index >= 15 is 0 Å². The van der Waals surface area contributed by atoms with E-state index in [9.17, 15) is 4.79 Å². The molecule has 1 unspecified atom stereocenters. The first-order valence-electron chi connectivity index (χ1n) is 10.5. The van der Waals surface area contributed by atoms with E-state index < -0.39 is 0 Å². The van der Waals surface area contributed by atoms with Crippen LogP contribution in [0.3, 0.4) is 0 Å². The lowest BCUT2D eigenvalue weighted by atomic mass is 9.97. The molecule has 9 heteroatoms. The molecule has 1 amide bonds. The fraction of sp³-hybridized carbons (Fsp3) is 0.524. The fourth-order valence-corrected chi connectivity index (χ4v) is 3.49. The molecule has 1 aliphatic rings. The molecule has 1 aromatic carbocycles. The van der Waals surface area contributed by atoms with Gasteiger partial charge in [-0.15, -0.1) is 10.2 Å². The van der Waals surface area contributed by atoms with Gasteiger partial charge in [0.2, 0.25) is 5.91 Å². The summed E-state index contributed by atoms with van der Waals surface area (Å²) in [7, 11) is 1.73. The molecule has 1 saturated heterocycles. The molecule has 0 saturated carbocycles. The van der Waals surface area contributed by atoms with Crippen molar-refractivity contribution in [2.24, 2.45) is 4.99 Å². The molecule has 0 spiro atoms. The van der Waals surface area contributed by atoms with Crippen LogP contribution >= 0.6 is 0 Å². The van der Waals surface area contributed by atoms with E-state index in [1.165, 1.54) is 0 Å². The van der Waals surface area contributed by atoms with Crippen LogP contribution in [0.25, 0.3) is 0 Å². The number of aryl methyl sites for hydroxylation is 1. The summed E-state index contributed by atoms with van der Waals surface area (Å²) in [6, 6.07) is 9.89. The highest BCUT2D eigenvalue weighted by molar-refractivity contribution is 5.86. The number of guanidine groups is 1. The predicted octanol–water partition coefficient (Wildman–Crippen LogP) is 0.648. The fourth-order valence-electron chi connectivity index (χ4n) is 3.49. The van der Waals surface area contributed by atoms with E-state index in [-0.39, 0.29) is 11.8 Å². The van der Waals surface area contributed by atoms with Crippen molar-refractivity contribution in [1.82, 2.24) is 30.3 Å². The van der Waals surface area contributed by atoms with Crippen molar-refractivity contribution in [3.63, 3.8) is 0 Å². The van der Waals surface area contributed by atoms with Crippen molar-refractivity contribution < 1.29 is 9.53 Å². The average Bonchev–Trinajstić information content (AvgIpc) is 3.26. The SMILES string of the molecule is CCc1nncn1CCNC(=NC)NCC(C(=O)N1CCOCC1)c1ccccc1. The zero-order valence-corrected chi connectivity index (χ0v) is 17.8. The predicted molar refractivity (Wildman–Crippen MR) is 115 cm³/mol. The molecule has 0 radical (unpaired) electrons. The monoisotopic (exact) mass is 413 g/mol. The second-order valence-corrected chi connectivity index (χ2v) is 7.07. The first-order valence-corrected chi connectivity index (χ1v) is 10.5. The van der Waals surface area contributed by atoms with Gasteiger partial charge >= 0.3 is 0 Å². The third-order valence-corrected chi connectivity index (χ3v) is 5.18. The van der Waals surface area contributed by atoms with Crippen LogP contribution in [0.1, 0.15) is 24.2 Å². The van der Waals surface area contributed by atoms with Gasteiger partial charge in [0, 0.05) is 46.2 Å². The highest BCUT2D eigenvalue weighted by atomic mass is 16.5. The van der Waals surface area contributed by atoms with Crippen molar-refractivity contribution >= 4 is 11.9 Å². The number of hydrogen-bond donors (Lipinski definition) is 2. The number of nitrogens with one attached hydrogen (secondary N) is 2. The lowest BCUT2D eigenvalue weighted by Crippen LogP contribution is -2.47. The number of amides is 1. The molecule has 2 N–H and O–H groups in total. The molecular formula is C21H31N7O2. The number of benzene rings is 1. The van der Waals surface area contributed by atoms with Gasteiger partial charge in [0.05, 0.1) is 19.1 Å². The third kappa shape index (κ3) is 5.79. The molecule has 3 rings (SSSR count). The molecular weight excluding hydrogens is 382 g/mol. The van der Waals surface area contributed by atoms with Crippen LogP contribution in [0.5, 0.6) is 0 Å². The van der Waals surface area contributed by atoms with Crippen LogP contribution in [0.2, 0.25) is 0 Å². The lowest BCUT2D eigenvalue weighted by molar-refractivity contribution is -0.136. The molecule has 0 aliphatic carbocycles. The molecule has 2 aromatic rings. The van der Waals surface area contributed by atoms with Gasteiger partial charge in [-0.05, 0) is 5.56 Å². The molecule has 2 heterocycles. The van der Waals surface area contributed by atoms with Gasteiger partial charge in [-0.3, -0.25) is 9.79 Å². The van der Waals surface area contributed by atoms with Crippen molar-refractivity contribution in [3.8, 4) is 0 Å². The second-order valence-electron chi connectivity index (χ2n) is 7.07. The van der Waals surface area contributed by atoms with Gasteiger partial charge < -0.3 is 24.8 Å². The Morgan fingerprint density at radius 2 is 2.00 bits per heavy atom. The van der Waals surface area contributed by atoms with Crippen LogP contribution in [-0.4, -0.2) is 78.0 Å². The Morgan fingerprint density at radius 1 is 1.23 bits per heavy atom. The van der Waals surface area contributed by atoms with E-state index in [0.29, 0.717) is 45.4 Å². The standard InChI is InChI=1S/C21H31N7O2/c1-3-19-26-25-16-28(19)10-9-23-21(22-2)24-15-18(17-7-5-4-6-8-17)20(29)27-11-13-30-14-12-27/h4-8,16,18H,3,9-15H2,1-2H3,(H2,22,23,24). The Morgan fingerprint density at radius 3 is 2.70 bits per heavy atom. The van der Waals surface area contributed by atoms with Crippen LogP contribution in [-0.2, 0) is 22.5 Å². The summed E-state index contributed by atoms with van der Waals surface area (Å²) in [5.41, 5.74) is 0.994. The minimum absolute atomic E-state index is 0.115. The van der Waals surface area contributed by atoms with Gasteiger partial charge in [0.25, 0.3) is 0 Å². The Labute approximate surface area is 177 Å². The number of morpholine rings is 1. The summed E-state index contributed by atoms with van der Waals surface area (Å²) in [5.74, 6) is 1.45. The number of carbonyl (C=O) groups is 1. The van der Waals surface area contributed by atoms with Gasteiger partial charge in [-0.25, -0.2) is 0 Å². The number of carbonyl (C=O) groups excluding carboxylic acids is 1. The van der Waals surface area contributed by atoms with Gasteiger partial charge in [-0.1, -0.05) is 37.3 Å². The van der Waals surface area contributed by atoms with Gasteiger partial charge in [0.1, 0.15) is 12.2 Å². The molecule has 9 nitrogen and oxygen atoms in total. The number of aromatic nitrogens is 3. The first kappa shape index (κ1) is 21.8. The van der Waals surface area contributed by atoms with E-state index in [0.717, 1.165) is 24.4 Å². The maximum Gasteiger partial charge on any atom is 0.232 e. The van der Waals surface area contributed by atoms with Crippen LogP contribution in [0.4, 0.5) is 0 Å². The average molecular weight is 414 g/mol. The summed E-state index contributed by atoms with van der Waals surface area (Å²) < 4.78 is 7.42. The first-order chi connectivity index (χ1) is 14.7. The molecule has 1 fully saturated rings. The van der Waals surface area contributed by atoms with Crippen molar-refractivity contribution in [2.75, 3.05) is 46.4 Å². The number of hydrogen-bond acceptors (Lipinski definition) is 5. The maximum atomic E-state index is 13.2. The number of rotatable bonds is 8. The number of ether oxygens (including phenoxy) is 1. The summed E-state index contributed by atoms with van der Waals surface area (Å²) in [4.78, 5) is 19.4. The Hall–Kier alpha value is -2.94. The molecule has 1 aliphatic heterocycles. The van der Waals surface area contributed by atoms with E-state index in [1.807, 2.05) is 39.8 Å². The lowest BCUT2D eigenvalue weighted by Gasteiger charge is -2.31. The van der Waals surface area contributed by atoms with Crippen LogP contribution in [0.15, 0.2) is 41.7 Å². The third-order valence-electron chi connectivity index (χ3n) is 5.18. The van der Waals surface area contributed by atoms with E-state index in [4.69, 9.17) is 4.74 Å².